The van der Waals surface area contributed by atoms with Crippen LogP contribution >= 0.6 is 12.4 Å². The van der Waals surface area contributed by atoms with Gasteiger partial charge in [-0.25, -0.2) is 0 Å². The molecule has 0 unspecified atom stereocenters. The summed E-state index contributed by atoms with van der Waals surface area (Å²) in [5.41, 5.74) is 1.80. The summed E-state index contributed by atoms with van der Waals surface area (Å²) < 4.78 is 5.17. The number of nitrogens with zero attached hydrogens (tertiary/aromatic N) is 2. The minimum absolute atomic E-state index is 0. The van der Waals surface area contributed by atoms with E-state index in [0.29, 0.717) is 51.1 Å². The van der Waals surface area contributed by atoms with E-state index in [9.17, 15) is 19.5 Å². The molecule has 4 rings (SSSR count). The predicted octanol–water partition coefficient (Wildman–Crippen LogP) is 3.53. The van der Waals surface area contributed by atoms with Gasteiger partial charge in [-0.05, 0) is 60.6 Å². The molecule has 2 heterocycles. The molecule has 2 aromatic carbocycles. The van der Waals surface area contributed by atoms with Gasteiger partial charge in [-0.15, -0.1) is 12.4 Å². The number of piperazine rings is 1. The molecule has 3 N–H and O–H groups in total. The van der Waals surface area contributed by atoms with Crippen LogP contribution in [0.25, 0.3) is 0 Å². The first-order valence-electron chi connectivity index (χ1n) is 14.7. The van der Waals surface area contributed by atoms with Crippen molar-refractivity contribution >= 4 is 30.1 Å². The molecule has 2 aliphatic heterocycles. The lowest BCUT2D eigenvalue weighted by Crippen LogP contribution is -2.74. The Balaban J connectivity index is 0.00000484. The minimum Gasteiger partial charge on any atom is -0.497 e. The van der Waals surface area contributed by atoms with E-state index in [4.69, 9.17) is 4.74 Å². The number of amides is 3. The zero-order valence-corrected chi connectivity index (χ0v) is 25.9. The molecule has 230 valence electrons. The number of carbonyl (C=O) groups excluding carboxylic acids is 3. The summed E-state index contributed by atoms with van der Waals surface area (Å²) in [6.07, 6.45) is 1.91. The second-order valence-corrected chi connectivity index (χ2v) is 11.6. The Hall–Kier alpha value is -3.14. The Labute approximate surface area is 255 Å². The number of unbranched alkanes of at least 4 members (excludes halogenated alkanes) is 1. The first-order chi connectivity index (χ1) is 19.7. The van der Waals surface area contributed by atoms with Gasteiger partial charge in [0.1, 0.15) is 17.3 Å². The van der Waals surface area contributed by atoms with E-state index >= 15 is 0 Å². The van der Waals surface area contributed by atoms with Gasteiger partial charge in [0.2, 0.25) is 11.8 Å². The van der Waals surface area contributed by atoms with Crippen molar-refractivity contribution in [2.75, 3.05) is 26.7 Å². The molecule has 42 heavy (non-hydrogen) atoms. The quantitative estimate of drug-likeness (QED) is 0.364. The van der Waals surface area contributed by atoms with Crippen LogP contribution in [0.1, 0.15) is 67.9 Å². The second-order valence-electron chi connectivity index (χ2n) is 11.6. The number of aliphatic hydroxyl groups is 1. The third kappa shape index (κ3) is 7.43. The maximum atomic E-state index is 13.5. The number of rotatable bonds is 11. The SMILES string of the molecule is CCCCN1C(=O)[C@@H]([C@H](O)C(C)C)NC(=O)C12CCN(Cc1ccc(C(=O)NCc3ccc(OC)cc3)cc1)CC2.Cl. The summed E-state index contributed by atoms with van der Waals surface area (Å²) in [5, 5.41) is 16.5. The van der Waals surface area contributed by atoms with E-state index in [0.717, 1.165) is 29.7 Å². The molecule has 9 nitrogen and oxygen atoms in total. The summed E-state index contributed by atoms with van der Waals surface area (Å²) in [7, 11) is 1.62. The molecular formula is C32H45ClN4O5. The highest BCUT2D eigenvalue weighted by Crippen LogP contribution is 2.34. The first kappa shape index (κ1) is 33.4. The number of methoxy groups -OCH3 is 1. The van der Waals surface area contributed by atoms with Gasteiger partial charge >= 0.3 is 0 Å². The number of nitrogens with one attached hydrogen (secondary N) is 2. The number of likely N-dealkylation sites (tertiary alicyclic amines) is 1. The molecule has 0 saturated carbocycles. The van der Waals surface area contributed by atoms with Crippen molar-refractivity contribution < 1.29 is 24.2 Å². The fourth-order valence-electron chi connectivity index (χ4n) is 5.72. The number of ether oxygens (including phenoxy) is 1. The van der Waals surface area contributed by atoms with Gasteiger partial charge in [-0.1, -0.05) is 51.5 Å². The molecule has 0 aliphatic carbocycles. The van der Waals surface area contributed by atoms with E-state index < -0.39 is 17.7 Å². The van der Waals surface area contributed by atoms with Crippen molar-refractivity contribution in [1.82, 2.24) is 20.4 Å². The molecule has 1 spiro atoms. The van der Waals surface area contributed by atoms with E-state index in [2.05, 4.69) is 22.5 Å². The predicted molar refractivity (Wildman–Crippen MR) is 164 cm³/mol. The Morgan fingerprint density at radius 2 is 1.69 bits per heavy atom. The molecule has 0 bridgehead atoms. The van der Waals surface area contributed by atoms with Crippen molar-refractivity contribution in [3.05, 3.63) is 65.2 Å². The van der Waals surface area contributed by atoms with Crippen LogP contribution in [0.5, 0.6) is 5.75 Å². The van der Waals surface area contributed by atoms with Crippen LogP contribution in [-0.4, -0.2) is 77.1 Å². The fraction of sp³-hybridized carbons (Fsp3) is 0.531. The molecule has 2 atom stereocenters. The van der Waals surface area contributed by atoms with Gasteiger partial charge in [-0.3, -0.25) is 19.3 Å². The van der Waals surface area contributed by atoms with E-state index in [1.807, 2.05) is 62.4 Å². The number of aliphatic hydroxyl groups excluding tert-OH is 1. The summed E-state index contributed by atoms with van der Waals surface area (Å²) in [4.78, 5) is 43.7. The molecule has 10 heteroatoms. The van der Waals surface area contributed by atoms with Crippen LogP contribution in [0.2, 0.25) is 0 Å². The standard InChI is InChI=1S/C32H44N4O5.ClH/c1-5-6-17-36-30(39)27(28(37)22(2)3)34-31(40)32(36)15-18-35(19-16-32)21-24-7-11-25(12-8-24)29(38)33-20-23-9-13-26(41-4)14-10-23;/h7-14,22,27-28,37H,5-6,15-21H2,1-4H3,(H,33,38)(H,34,40);1H/t27-,28-;/m1./s1. The van der Waals surface area contributed by atoms with E-state index in [1.54, 1.807) is 12.0 Å². The largest absolute Gasteiger partial charge is 0.497 e. The molecule has 3 amide bonds. The van der Waals surface area contributed by atoms with Crippen molar-refractivity contribution in [1.29, 1.82) is 0 Å². The van der Waals surface area contributed by atoms with Gasteiger partial charge < -0.3 is 25.4 Å². The Morgan fingerprint density at radius 1 is 1.07 bits per heavy atom. The Morgan fingerprint density at radius 3 is 2.26 bits per heavy atom. The van der Waals surface area contributed by atoms with E-state index in [1.165, 1.54) is 0 Å². The maximum Gasteiger partial charge on any atom is 0.251 e. The van der Waals surface area contributed by atoms with Crippen molar-refractivity contribution in [2.45, 2.75) is 77.2 Å². The van der Waals surface area contributed by atoms with Gasteiger partial charge in [0, 0.05) is 38.3 Å². The normalized spacial score (nSPS) is 19.3. The van der Waals surface area contributed by atoms with Crippen LogP contribution in [0, 0.1) is 5.92 Å². The summed E-state index contributed by atoms with van der Waals surface area (Å²) >= 11 is 0. The molecule has 2 aromatic rings. The highest BCUT2D eigenvalue weighted by atomic mass is 35.5. The fourth-order valence-corrected chi connectivity index (χ4v) is 5.72. The topological polar surface area (TPSA) is 111 Å². The number of hydrogen-bond acceptors (Lipinski definition) is 6. The summed E-state index contributed by atoms with van der Waals surface area (Å²) in [6, 6.07) is 14.3. The third-order valence-electron chi connectivity index (χ3n) is 8.44. The molecule has 2 saturated heterocycles. The average Bonchev–Trinajstić information content (AvgIpc) is 2.99. The highest BCUT2D eigenvalue weighted by Gasteiger charge is 2.54. The van der Waals surface area contributed by atoms with Gasteiger partial charge in [0.25, 0.3) is 5.91 Å². The molecular weight excluding hydrogens is 556 g/mol. The lowest BCUT2D eigenvalue weighted by Gasteiger charge is -2.52. The Kier molecular flexibility index (Phi) is 11.8. The van der Waals surface area contributed by atoms with Crippen LogP contribution in [0.15, 0.2) is 48.5 Å². The second kappa shape index (κ2) is 14.8. The minimum atomic E-state index is -0.916. The highest BCUT2D eigenvalue weighted by molar-refractivity contribution is 6.00. The lowest BCUT2D eigenvalue weighted by atomic mass is 9.80. The molecule has 2 aliphatic rings. The average molecular weight is 601 g/mol. The van der Waals surface area contributed by atoms with E-state index in [-0.39, 0.29) is 36.0 Å². The smallest absolute Gasteiger partial charge is 0.251 e. The first-order valence-corrected chi connectivity index (χ1v) is 14.7. The maximum absolute atomic E-state index is 13.5. The van der Waals surface area contributed by atoms with Crippen molar-refractivity contribution in [3.63, 3.8) is 0 Å². The van der Waals surface area contributed by atoms with Gasteiger partial charge in [-0.2, -0.15) is 0 Å². The number of piperidine rings is 1. The van der Waals surface area contributed by atoms with Crippen LogP contribution in [0.3, 0.4) is 0 Å². The van der Waals surface area contributed by atoms with Crippen LogP contribution < -0.4 is 15.4 Å². The van der Waals surface area contributed by atoms with Crippen molar-refractivity contribution in [2.24, 2.45) is 5.92 Å². The van der Waals surface area contributed by atoms with Gasteiger partial charge in [0.05, 0.1) is 13.2 Å². The molecule has 0 aromatic heterocycles. The third-order valence-corrected chi connectivity index (χ3v) is 8.44. The number of benzene rings is 2. The summed E-state index contributed by atoms with van der Waals surface area (Å²) in [5.74, 6) is 0.183. The van der Waals surface area contributed by atoms with Gasteiger partial charge in [0.15, 0.2) is 0 Å². The van der Waals surface area contributed by atoms with Crippen LogP contribution in [-0.2, 0) is 22.7 Å². The zero-order chi connectivity index (χ0) is 29.6. The number of hydrogen-bond donors (Lipinski definition) is 3. The van der Waals surface area contributed by atoms with Crippen molar-refractivity contribution in [3.8, 4) is 5.75 Å². The number of carbonyl (C=O) groups is 3. The zero-order valence-electron chi connectivity index (χ0n) is 25.1. The monoisotopic (exact) mass is 600 g/mol. The number of halogens is 1. The molecule has 2 fully saturated rings. The summed E-state index contributed by atoms with van der Waals surface area (Å²) in [6.45, 7) is 8.77. The Bertz CT molecular complexity index is 1200. The molecule has 0 radical (unpaired) electrons. The lowest BCUT2D eigenvalue weighted by molar-refractivity contribution is -0.165. The van der Waals surface area contributed by atoms with Crippen LogP contribution in [0.4, 0.5) is 0 Å².